The molecule has 0 saturated heterocycles. The molecule has 12 heavy (non-hydrogen) atoms. The number of hydrogen-bond donors (Lipinski definition) is 3. The van der Waals surface area contributed by atoms with Gasteiger partial charge in [0.15, 0.2) is 0 Å². The summed E-state index contributed by atoms with van der Waals surface area (Å²) in [7, 11) is 3.63. The van der Waals surface area contributed by atoms with Crippen molar-refractivity contribution in [3.63, 3.8) is 0 Å². The van der Waals surface area contributed by atoms with E-state index in [4.69, 9.17) is 0 Å². The van der Waals surface area contributed by atoms with E-state index < -0.39 is 0 Å². The Labute approximate surface area is 74.1 Å². The second kappa shape index (κ2) is 5.97. The fourth-order valence-electron chi connectivity index (χ4n) is 1.06. The summed E-state index contributed by atoms with van der Waals surface area (Å²) in [5.74, 6) is 0.0434. The van der Waals surface area contributed by atoms with Crippen molar-refractivity contribution in [2.75, 3.05) is 20.6 Å². The molecule has 0 aliphatic carbocycles. The van der Waals surface area contributed by atoms with Gasteiger partial charge in [-0.25, -0.2) is 0 Å². The van der Waals surface area contributed by atoms with E-state index in [0.29, 0.717) is 6.54 Å². The summed E-state index contributed by atoms with van der Waals surface area (Å²) in [6, 6.07) is -0.0171. The van der Waals surface area contributed by atoms with Crippen molar-refractivity contribution in [2.24, 2.45) is 0 Å². The molecule has 3 N–H and O–H groups in total. The van der Waals surface area contributed by atoms with Crippen LogP contribution in [0.1, 0.15) is 13.8 Å². The van der Waals surface area contributed by atoms with E-state index in [1.807, 2.05) is 20.9 Å². The van der Waals surface area contributed by atoms with Gasteiger partial charge in [-0.3, -0.25) is 4.79 Å². The van der Waals surface area contributed by atoms with Crippen LogP contribution in [0.15, 0.2) is 0 Å². The SMILES string of the molecule is CCNC(=O)C(NC)C(C)NC. The molecule has 4 heteroatoms. The predicted octanol–water partition coefficient (Wildman–Crippen LogP) is -0.682. The summed E-state index contributed by atoms with van der Waals surface area (Å²) in [5.41, 5.74) is 0. The van der Waals surface area contributed by atoms with Crippen molar-refractivity contribution in [3.05, 3.63) is 0 Å². The monoisotopic (exact) mass is 173 g/mol. The first-order chi connectivity index (χ1) is 5.67. The molecule has 0 saturated carbocycles. The summed E-state index contributed by atoms with van der Waals surface area (Å²) in [5, 5.41) is 8.77. The minimum absolute atomic E-state index is 0.0434. The molecule has 4 nitrogen and oxygen atoms in total. The molecule has 0 fully saturated rings. The van der Waals surface area contributed by atoms with E-state index in [0.717, 1.165) is 0 Å². The number of nitrogens with one attached hydrogen (secondary N) is 3. The van der Waals surface area contributed by atoms with Crippen LogP contribution in [0.3, 0.4) is 0 Å². The van der Waals surface area contributed by atoms with Gasteiger partial charge in [0.05, 0.1) is 0 Å². The van der Waals surface area contributed by atoms with Crippen molar-refractivity contribution >= 4 is 5.91 Å². The second-order valence-corrected chi connectivity index (χ2v) is 2.74. The van der Waals surface area contributed by atoms with Gasteiger partial charge in [-0.2, -0.15) is 0 Å². The molecule has 0 heterocycles. The minimum Gasteiger partial charge on any atom is -0.355 e. The summed E-state index contributed by atoms with van der Waals surface area (Å²) in [4.78, 5) is 11.4. The van der Waals surface area contributed by atoms with Gasteiger partial charge in [0, 0.05) is 12.6 Å². The molecule has 0 radical (unpaired) electrons. The second-order valence-electron chi connectivity index (χ2n) is 2.74. The molecule has 1 amide bonds. The lowest BCUT2D eigenvalue weighted by Crippen LogP contribution is -2.53. The third kappa shape index (κ3) is 3.19. The number of carbonyl (C=O) groups excluding carboxylic acids is 1. The Hall–Kier alpha value is -0.610. The van der Waals surface area contributed by atoms with E-state index in [1.165, 1.54) is 0 Å². The largest absolute Gasteiger partial charge is 0.355 e. The maximum absolute atomic E-state index is 11.4. The van der Waals surface area contributed by atoms with Crippen LogP contribution in [0.5, 0.6) is 0 Å². The zero-order chi connectivity index (χ0) is 9.56. The lowest BCUT2D eigenvalue weighted by atomic mass is 10.1. The Morgan fingerprint density at radius 2 is 1.92 bits per heavy atom. The molecule has 0 aromatic carbocycles. The van der Waals surface area contributed by atoms with E-state index in [9.17, 15) is 4.79 Å². The van der Waals surface area contributed by atoms with Crippen LogP contribution in [0.2, 0.25) is 0 Å². The third-order valence-electron chi connectivity index (χ3n) is 1.90. The van der Waals surface area contributed by atoms with Crippen LogP contribution in [0.4, 0.5) is 0 Å². The molecular formula is C8H19N3O. The molecular weight excluding hydrogens is 154 g/mol. The van der Waals surface area contributed by atoms with Gasteiger partial charge in [0.2, 0.25) is 5.91 Å². The minimum atomic E-state index is -0.157. The summed E-state index contributed by atoms with van der Waals surface area (Å²) in [6.45, 7) is 4.55. The molecule has 2 atom stereocenters. The normalized spacial score (nSPS) is 15.3. The van der Waals surface area contributed by atoms with Crippen LogP contribution in [-0.4, -0.2) is 38.6 Å². The van der Waals surface area contributed by atoms with Gasteiger partial charge in [0.1, 0.15) is 6.04 Å². The molecule has 0 spiro atoms. The average Bonchev–Trinajstić information content (AvgIpc) is 2.06. The molecule has 2 unspecified atom stereocenters. The number of carbonyl (C=O) groups is 1. The topological polar surface area (TPSA) is 53.2 Å². The van der Waals surface area contributed by atoms with E-state index in [2.05, 4.69) is 16.0 Å². The highest BCUT2D eigenvalue weighted by Crippen LogP contribution is 1.91. The van der Waals surface area contributed by atoms with Crippen LogP contribution in [0, 0.1) is 0 Å². The van der Waals surface area contributed by atoms with Crippen LogP contribution in [0.25, 0.3) is 0 Å². The number of amides is 1. The average molecular weight is 173 g/mol. The van der Waals surface area contributed by atoms with Crippen molar-refractivity contribution in [3.8, 4) is 0 Å². The first-order valence-corrected chi connectivity index (χ1v) is 4.29. The van der Waals surface area contributed by atoms with Gasteiger partial charge in [-0.05, 0) is 27.9 Å². The number of likely N-dealkylation sites (N-methyl/N-ethyl adjacent to an activating group) is 3. The van der Waals surface area contributed by atoms with Gasteiger partial charge in [-0.15, -0.1) is 0 Å². The number of rotatable bonds is 5. The van der Waals surface area contributed by atoms with Crippen molar-refractivity contribution in [2.45, 2.75) is 25.9 Å². The first-order valence-electron chi connectivity index (χ1n) is 4.29. The maximum Gasteiger partial charge on any atom is 0.238 e. The Balaban J connectivity index is 4.04. The lowest BCUT2D eigenvalue weighted by Gasteiger charge is -2.21. The number of hydrogen-bond acceptors (Lipinski definition) is 3. The molecule has 0 aliphatic rings. The van der Waals surface area contributed by atoms with Gasteiger partial charge in [0.25, 0.3) is 0 Å². The van der Waals surface area contributed by atoms with E-state index in [-0.39, 0.29) is 18.0 Å². The molecule has 72 valence electrons. The maximum atomic E-state index is 11.4. The Morgan fingerprint density at radius 1 is 1.33 bits per heavy atom. The van der Waals surface area contributed by atoms with Crippen molar-refractivity contribution in [1.29, 1.82) is 0 Å². The van der Waals surface area contributed by atoms with Crippen LogP contribution in [-0.2, 0) is 4.79 Å². The third-order valence-corrected chi connectivity index (χ3v) is 1.90. The molecule has 0 bridgehead atoms. The highest BCUT2D eigenvalue weighted by atomic mass is 16.2. The quantitative estimate of drug-likeness (QED) is 0.516. The standard InChI is InChI=1S/C8H19N3O/c1-5-11-8(12)7(10-4)6(2)9-3/h6-7,9-10H,5H2,1-4H3,(H,11,12). The van der Waals surface area contributed by atoms with Crippen molar-refractivity contribution in [1.82, 2.24) is 16.0 Å². The van der Waals surface area contributed by atoms with Gasteiger partial charge < -0.3 is 16.0 Å². The smallest absolute Gasteiger partial charge is 0.238 e. The van der Waals surface area contributed by atoms with Crippen molar-refractivity contribution < 1.29 is 4.79 Å². The highest BCUT2D eigenvalue weighted by Gasteiger charge is 2.20. The Morgan fingerprint density at radius 3 is 2.25 bits per heavy atom. The van der Waals surface area contributed by atoms with E-state index >= 15 is 0 Å². The molecule has 0 aromatic heterocycles. The van der Waals surface area contributed by atoms with E-state index in [1.54, 1.807) is 7.05 Å². The fraction of sp³-hybridized carbons (Fsp3) is 0.875. The summed E-state index contributed by atoms with van der Waals surface area (Å²) in [6.07, 6.45) is 0. The zero-order valence-corrected chi connectivity index (χ0v) is 8.27. The summed E-state index contributed by atoms with van der Waals surface area (Å²) < 4.78 is 0. The van der Waals surface area contributed by atoms with Crippen LogP contribution >= 0.6 is 0 Å². The van der Waals surface area contributed by atoms with Gasteiger partial charge >= 0.3 is 0 Å². The highest BCUT2D eigenvalue weighted by molar-refractivity contribution is 5.82. The lowest BCUT2D eigenvalue weighted by molar-refractivity contribution is -0.123. The van der Waals surface area contributed by atoms with Gasteiger partial charge in [-0.1, -0.05) is 0 Å². The summed E-state index contributed by atoms with van der Waals surface area (Å²) >= 11 is 0. The Kier molecular flexibility index (Phi) is 5.66. The van der Waals surface area contributed by atoms with Crippen LogP contribution < -0.4 is 16.0 Å². The predicted molar refractivity (Wildman–Crippen MR) is 50.1 cm³/mol. The Bertz CT molecular complexity index is 138. The molecule has 0 aliphatic heterocycles. The fourth-order valence-corrected chi connectivity index (χ4v) is 1.06. The molecule has 0 rings (SSSR count). The first kappa shape index (κ1) is 11.4. The molecule has 0 aromatic rings. The zero-order valence-electron chi connectivity index (χ0n) is 8.27.